The van der Waals surface area contributed by atoms with Crippen LogP contribution >= 0.6 is 12.4 Å². The number of ether oxygens (including phenoxy) is 1. The predicted octanol–water partition coefficient (Wildman–Crippen LogP) is 3.78. The molecule has 0 spiro atoms. The molecular weight excluding hydrogens is 312 g/mol. The van der Waals surface area contributed by atoms with Crippen LogP contribution in [0.2, 0.25) is 0 Å². The molecule has 23 heavy (non-hydrogen) atoms. The number of anilines is 1. The molecule has 130 valence electrons. The summed E-state index contributed by atoms with van der Waals surface area (Å²) in [5.41, 5.74) is 1.93. The third-order valence-corrected chi connectivity index (χ3v) is 4.69. The van der Waals surface area contributed by atoms with Crippen LogP contribution in [0, 0.1) is 11.8 Å². The second kappa shape index (κ2) is 9.91. The second-order valence-electron chi connectivity index (χ2n) is 6.32. The number of methoxy groups -OCH3 is 1. The van der Waals surface area contributed by atoms with Gasteiger partial charge in [0, 0.05) is 19.2 Å². The van der Waals surface area contributed by atoms with Crippen molar-refractivity contribution in [2.75, 3.05) is 25.5 Å². The number of rotatable bonds is 6. The number of hydrogen-bond acceptors (Lipinski definition) is 3. The van der Waals surface area contributed by atoms with Crippen LogP contribution in [0.5, 0.6) is 0 Å². The van der Waals surface area contributed by atoms with Crippen molar-refractivity contribution in [3.63, 3.8) is 0 Å². The van der Waals surface area contributed by atoms with Crippen molar-refractivity contribution in [1.82, 2.24) is 5.32 Å². The van der Waals surface area contributed by atoms with Gasteiger partial charge in [0.25, 0.3) is 0 Å². The predicted molar refractivity (Wildman–Crippen MR) is 97.1 cm³/mol. The standard InChI is InChI=1S/C18H28N2O2.ClH/c1-13(15-7-9-19-10-8-15)11-18(21)20-17-6-4-5-16(12-17)14(2)22-3;/h4-6,12-15,19H,7-11H2,1-3H3,(H,20,21);1H. The number of halogens is 1. The first-order chi connectivity index (χ1) is 10.6. The Hall–Kier alpha value is -1.10. The molecule has 1 fully saturated rings. The average molecular weight is 341 g/mol. The van der Waals surface area contributed by atoms with Gasteiger partial charge in [0.2, 0.25) is 5.91 Å². The Morgan fingerprint density at radius 3 is 2.70 bits per heavy atom. The maximum atomic E-state index is 12.3. The maximum Gasteiger partial charge on any atom is 0.224 e. The van der Waals surface area contributed by atoms with Crippen LogP contribution in [0.1, 0.15) is 44.8 Å². The minimum absolute atomic E-state index is 0. The Balaban J connectivity index is 0.00000264. The monoisotopic (exact) mass is 340 g/mol. The van der Waals surface area contributed by atoms with Gasteiger partial charge in [-0.1, -0.05) is 19.1 Å². The van der Waals surface area contributed by atoms with Crippen molar-refractivity contribution in [2.24, 2.45) is 11.8 Å². The van der Waals surface area contributed by atoms with E-state index in [9.17, 15) is 4.79 Å². The van der Waals surface area contributed by atoms with Gasteiger partial charge < -0.3 is 15.4 Å². The Bertz CT molecular complexity index is 490. The van der Waals surface area contributed by atoms with Gasteiger partial charge in [0.05, 0.1) is 6.10 Å². The molecular formula is C18H29ClN2O2. The van der Waals surface area contributed by atoms with E-state index in [1.807, 2.05) is 31.2 Å². The van der Waals surface area contributed by atoms with Crippen LogP contribution in [-0.2, 0) is 9.53 Å². The third-order valence-electron chi connectivity index (χ3n) is 4.69. The lowest BCUT2D eigenvalue weighted by Gasteiger charge is -2.27. The number of hydrogen-bond donors (Lipinski definition) is 2. The summed E-state index contributed by atoms with van der Waals surface area (Å²) in [4.78, 5) is 12.3. The van der Waals surface area contributed by atoms with Crippen molar-refractivity contribution in [1.29, 1.82) is 0 Å². The van der Waals surface area contributed by atoms with Gasteiger partial charge in [0.1, 0.15) is 0 Å². The van der Waals surface area contributed by atoms with Crippen LogP contribution in [0.25, 0.3) is 0 Å². The topological polar surface area (TPSA) is 50.4 Å². The first kappa shape index (κ1) is 19.9. The molecule has 2 rings (SSSR count). The summed E-state index contributed by atoms with van der Waals surface area (Å²) in [7, 11) is 1.69. The molecule has 2 unspecified atom stereocenters. The van der Waals surface area contributed by atoms with E-state index >= 15 is 0 Å². The maximum absolute atomic E-state index is 12.3. The van der Waals surface area contributed by atoms with E-state index in [2.05, 4.69) is 17.6 Å². The highest BCUT2D eigenvalue weighted by Crippen LogP contribution is 2.25. The van der Waals surface area contributed by atoms with Crippen LogP contribution < -0.4 is 10.6 Å². The van der Waals surface area contributed by atoms with Gasteiger partial charge in [0.15, 0.2) is 0 Å². The zero-order valence-electron chi connectivity index (χ0n) is 14.3. The largest absolute Gasteiger partial charge is 0.377 e. The first-order valence-corrected chi connectivity index (χ1v) is 8.23. The van der Waals surface area contributed by atoms with Crippen LogP contribution in [0.3, 0.4) is 0 Å². The van der Waals surface area contributed by atoms with E-state index in [0.717, 1.165) is 24.3 Å². The lowest BCUT2D eigenvalue weighted by Crippen LogP contribution is -2.32. The second-order valence-corrected chi connectivity index (χ2v) is 6.32. The fourth-order valence-electron chi connectivity index (χ4n) is 3.09. The highest BCUT2D eigenvalue weighted by atomic mass is 35.5. The number of carbonyl (C=O) groups is 1. The molecule has 4 nitrogen and oxygen atoms in total. The van der Waals surface area contributed by atoms with Crippen molar-refractivity contribution in [3.8, 4) is 0 Å². The minimum Gasteiger partial charge on any atom is -0.377 e. The molecule has 1 heterocycles. The normalized spacial score (nSPS) is 17.9. The quantitative estimate of drug-likeness (QED) is 0.828. The SMILES string of the molecule is COC(C)c1cccc(NC(=O)CC(C)C2CCNCC2)c1.Cl. The van der Waals surface area contributed by atoms with E-state index in [4.69, 9.17) is 4.74 Å². The molecule has 0 aromatic heterocycles. The molecule has 5 heteroatoms. The summed E-state index contributed by atoms with van der Waals surface area (Å²) in [5, 5.41) is 6.39. The van der Waals surface area contributed by atoms with Crippen molar-refractivity contribution in [2.45, 2.75) is 39.2 Å². The lowest BCUT2D eigenvalue weighted by molar-refractivity contribution is -0.117. The molecule has 1 aliphatic heterocycles. The van der Waals surface area contributed by atoms with Gasteiger partial charge >= 0.3 is 0 Å². The minimum atomic E-state index is 0. The third kappa shape index (κ3) is 6.13. The van der Waals surface area contributed by atoms with E-state index in [-0.39, 0.29) is 24.4 Å². The van der Waals surface area contributed by atoms with E-state index in [1.165, 1.54) is 12.8 Å². The lowest BCUT2D eigenvalue weighted by atomic mass is 9.84. The van der Waals surface area contributed by atoms with E-state index in [0.29, 0.717) is 18.3 Å². The first-order valence-electron chi connectivity index (χ1n) is 8.23. The summed E-state index contributed by atoms with van der Waals surface area (Å²) < 4.78 is 5.32. The van der Waals surface area contributed by atoms with Gasteiger partial charge in [-0.3, -0.25) is 4.79 Å². The van der Waals surface area contributed by atoms with E-state index in [1.54, 1.807) is 7.11 Å². The molecule has 1 saturated heterocycles. The van der Waals surface area contributed by atoms with Crippen molar-refractivity contribution < 1.29 is 9.53 Å². The van der Waals surface area contributed by atoms with Crippen molar-refractivity contribution >= 4 is 24.0 Å². The molecule has 2 N–H and O–H groups in total. The Kier molecular flexibility index (Phi) is 8.59. The molecule has 1 amide bonds. The number of nitrogens with one attached hydrogen (secondary N) is 2. The highest BCUT2D eigenvalue weighted by molar-refractivity contribution is 5.90. The molecule has 0 bridgehead atoms. The summed E-state index contributed by atoms with van der Waals surface area (Å²) >= 11 is 0. The van der Waals surface area contributed by atoms with Gasteiger partial charge in [-0.15, -0.1) is 12.4 Å². The smallest absolute Gasteiger partial charge is 0.224 e. The Labute approximate surface area is 145 Å². The summed E-state index contributed by atoms with van der Waals surface area (Å²) in [5.74, 6) is 1.20. The van der Waals surface area contributed by atoms with Crippen LogP contribution in [-0.4, -0.2) is 26.1 Å². The van der Waals surface area contributed by atoms with E-state index < -0.39 is 0 Å². The zero-order chi connectivity index (χ0) is 15.9. The molecule has 1 aliphatic rings. The van der Waals surface area contributed by atoms with Crippen LogP contribution in [0.15, 0.2) is 24.3 Å². The van der Waals surface area contributed by atoms with Gasteiger partial charge in [-0.05, 0) is 62.4 Å². The molecule has 2 atom stereocenters. The molecule has 0 aliphatic carbocycles. The zero-order valence-corrected chi connectivity index (χ0v) is 15.1. The fraction of sp³-hybridized carbons (Fsp3) is 0.611. The van der Waals surface area contributed by atoms with Crippen LogP contribution in [0.4, 0.5) is 5.69 Å². The molecule has 0 saturated carbocycles. The Morgan fingerprint density at radius 2 is 2.04 bits per heavy atom. The molecule has 1 aromatic rings. The Morgan fingerprint density at radius 1 is 1.35 bits per heavy atom. The summed E-state index contributed by atoms with van der Waals surface area (Å²) in [6.07, 6.45) is 2.98. The number of amides is 1. The number of carbonyl (C=O) groups excluding carboxylic acids is 1. The number of benzene rings is 1. The number of piperidine rings is 1. The van der Waals surface area contributed by atoms with Gasteiger partial charge in [-0.2, -0.15) is 0 Å². The van der Waals surface area contributed by atoms with Crippen molar-refractivity contribution in [3.05, 3.63) is 29.8 Å². The summed E-state index contributed by atoms with van der Waals surface area (Å²) in [6.45, 7) is 6.35. The summed E-state index contributed by atoms with van der Waals surface area (Å²) in [6, 6.07) is 7.89. The molecule has 0 radical (unpaired) electrons. The average Bonchev–Trinajstić information content (AvgIpc) is 2.55. The highest BCUT2D eigenvalue weighted by Gasteiger charge is 2.22. The van der Waals surface area contributed by atoms with Gasteiger partial charge in [-0.25, -0.2) is 0 Å². The molecule has 1 aromatic carbocycles. The fourth-order valence-corrected chi connectivity index (χ4v) is 3.09.